The zero-order chi connectivity index (χ0) is 11.5. The zero-order valence-corrected chi connectivity index (χ0v) is 9.94. The number of aliphatic hydroxyl groups excluding tert-OH is 1. The second-order valence-corrected chi connectivity index (χ2v) is 4.55. The number of rotatable bonds is 2. The van der Waals surface area contributed by atoms with Crippen LogP contribution < -0.4 is 0 Å². The van der Waals surface area contributed by atoms with Crippen molar-refractivity contribution in [3.63, 3.8) is 0 Å². The van der Waals surface area contributed by atoms with Gasteiger partial charge < -0.3 is 9.84 Å². The fourth-order valence-electron chi connectivity index (χ4n) is 2.28. The molecule has 3 nitrogen and oxygen atoms in total. The largest absolute Gasteiger partial charge is 0.388 e. The van der Waals surface area contributed by atoms with Crippen molar-refractivity contribution in [1.82, 2.24) is 4.98 Å². The molecule has 1 N–H and O–H groups in total. The molecule has 1 fully saturated rings. The summed E-state index contributed by atoms with van der Waals surface area (Å²) >= 11 is 0. The lowest BCUT2D eigenvalue weighted by Crippen LogP contribution is -2.24. The smallest absolute Gasteiger partial charge is 0.0857 e. The number of aromatic nitrogens is 1. The summed E-state index contributed by atoms with van der Waals surface area (Å²) in [5.74, 6) is 0.219. The van der Waals surface area contributed by atoms with Crippen LogP contribution in [0.3, 0.4) is 0 Å². The van der Waals surface area contributed by atoms with Crippen molar-refractivity contribution < 1.29 is 9.84 Å². The molecule has 1 aliphatic rings. The molecule has 0 bridgehead atoms. The maximum absolute atomic E-state index is 10.3. The Balaban J connectivity index is 2.15. The maximum atomic E-state index is 10.3. The van der Waals surface area contributed by atoms with E-state index in [-0.39, 0.29) is 5.92 Å². The molecule has 2 unspecified atom stereocenters. The standard InChI is InChI=1S/C13H19NO2/c1-9-5-6-12(10(2)14-9)13(15)11-4-3-7-16-8-11/h5-6,11,13,15H,3-4,7-8H2,1-2H3. The van der Waals surface area contributed by atoms with E-state index in [1.165, 1.54) is 0 Å². The minimum Gasteiger partial charge on any atom is -0.388 e. The highest BCUT2D eigenvalue weighted by atomic mass is 16.5. The van der Waals surface area contributed by atoms with Gasteiger partial charge in [-0.3, -0.25) is 4.98 Å². The average Bonchev–Trinajstić information content (AvgIpc) is 2.29. The number of nitrogens with zero attached hydrogens (tertiary/aromatic N) is 1. The first-order valence-electron chi connectivity index (χ1n) is 5.88. The van der Waals surface area contributed by atoms with Crippen LogP contribution in [0, 0.1) is 19.8 Å². The Morgan fingerprint density at radius 3 is 2.88 bits per heavy atom. The van der Waals surface area contributed by atoms with Crippen LogP contribution in [0.1, 0.15) is 35.9 Å². The van der Waals surface area contributed by atoms with E-state index in [1.54, 1.807) is 0 Å². The minimum atomic E-state index is -0.437. The number of aliphatic hydroxyl groups is 1. The van der Waals surface area contributed by atoms with Crippen LogP contribution >= 0.6 is 0 Å². The number of hydrogen-bond donors (Lipinski definition) is 1. The molecule has 1 aromatic rings. The van der Waals surface area contributed by atoms with Gasteiger partial charge in [0.1, 0.15) is 0 Å². The van der Waals surface area contributed by atoms with Gasteiger partial charge in [0.2, 0.25) is 0 Å². The van der Waals surface area contributed by atoms with Gasteiger partial charge in [-0.2, -0.15) is 0 Å². The lowest BCUT2D eigenvalue weighted by Gasteiger charge is -2.27. The molecule has 2 heterocycles. The highest BCUT2D eigenvalue weighted by Gasteiger charge is 2.25. The summed E-state index contributed by atoms with van der Waals surface area (Å²) in [5.41, 5.74) is 2.87. The van der Waals surface area contributed by atoms with E-state index in [0.29, 0.717) is 6.61 Å². The summed E-state index contributed by atoms with van der Waals surface area (Å²) in [5, 5.41) is 10.3. The summed E-state index contributed by atoms with van der Waals surface area (Å²) in [6.45, 7) is 5.41. The first kappa shape index (κ1) is 11.6. The van der Waals surface area contributed by atoms with Gasteiger partial charge in [-0.1, -0.05) is 6.07 Å². The molecule has 1 aromatic heterocycles. The van der Waals surface area contributed by atoms with E-state index < -0.39 is 6.10 Å². The number of ether oxygens (including phenoxy) is 1. The van der Waals surface area contributed by atoms with Gasteiger partial charge in [0.25, 0.3) is 0 Å². The monoisotopic (exact) mass is 221 g/mol. The van der Waals surface area contributed by atoms with Crippen LogP contribution in [0.5, 0.6) is 0 Å². The van der Waals surface area contributed by atoms with Gasteiger partial charge in [0, 0.05) is 29.5 Å². The maximum Gasteiger partial charge on any atom is 0.0857 e. The second-order valence-electron chi connectivity index (χ2n) is 4.55. The first-order chi connectivity index (χ1) is 7.68. The lowest BCUT2D eigenvalue weighted by atomic mass is 9.90. The number of aryl methyl sites for hydroxylation is 2. The molecule has 88 valence electrons. The topological polar surface area (TPSA) is 42.4 Å². The number of hydrogen-bond acceptors (Lipinski definition) is 3. The molecular weight excluding hydrogens is 202 g/mol. The molecule has 0 aliphatic carbocycles. The first-order valence-corrected chi connectivity index (χ1v) is 5.88. The van der Waals surface area contributed by atoms with Crippen molar-refractivity contribution >= 4 is 0 Å². The summed E-state index contributed by atoms with van der Waals surface area (Å²) in [6.07, 6.45) is 1.64. The van der Waals surface area contributed by atoms with Gasteiger partial charge in [0.15, 0.2) is 0 Å². The Morgan fingerprint density at radius 2 is 2.25 bits per heavy atom. The van der Waals surface area contributed by atoms with E-state index in [4.69, 9.17) is 4.74 Å². The lowest BCUT2D eigenvalue weighted by molar-refractivity contribution is -0.0103. The summed E-state index contributed by atoms with van der Waals surface area (Å²) in [7, 11) is 0. The van der Waals surface area contributed by atoms with Crippen molar-refractivity contribution in [2.45, 2.75) is 32.8 Å². The highest BCUT2D eigenvalue weighted by Crippen LogP contribution is 2.29. The quantitative estimate of drug-likeness (QED) is 0.832. The van der Waals surface area contributed by atoms with Crippen molar-refractivity contribution in [3.8, 4) is 0 Å². The highest BCUT2D eigenvalue weighted by molar-refractivity contribution is 5.24. The van der Waals surface area contributed by atoms with E-state index in [0.717, 1.165) is 36.4 Å². The van der Waals surface area contributed by atoms with E-state index >= 15 is 0 Å². The average molecular weight is 221 g/mol. The molecule has 0 amide bonds. The third-order valence-corrected chi connectivity index (χ3v) is 3.23. The fourth-order valence-corrected chi connectivity index (χ4v) is 2.28. The Labute approximate surface area is 96.5 Å². The molecule has 0 spiro atoms. The van der Waals surface area contributed by atoms with Gasteiger partial charge in [-0.15, -0.1) is 0 Å². The predicted molar refractivity (Wildman–Crippen MR) is 62.2 cm³/mol. The third-order valence-electron chi connectivity index (χ3n) is 3.23. The molecule has 1 aliphatic heterocycles. The van der Waals surface area contributed by atoms with Gasteiger partial charge in [-0.25, -0.2) is 0 Å². The molecule has 0 saturated carbocycles. The molecular formula is C13H19NO2. The minimum absolute atomic E-state index is 0.219. The Hall–Kier alpha value is -0.930. The third kappa shape index (κ3) is 2.42. The summed E-state index contributed by atoms with van der Waals surface area (Å²) in [4.78, 5) is 4.39. The van der Waals surface area contributed by atoms with Crippen LogP contribution in [-0.2, 0) is 4.74 Å². The Bertz CT molecular complexity index is 359. The molecule has 2 atom stereocenters. The molecule has 16 heavy (non-hydrogen) atoms. The van der Waals surface area contributed by atoms with Crippen LogP contribution in [0.2, 0.25) is 0 Å². The predicted octanol–water partition coefficient (Wildman–Crippen LogP) is 2.16. The summed E-state index contributed by atoms with van der Waals surface area (Å²) < 4.78 is 5.41. The fraction of sp³-hybridized carbons (Fsp3) is 0.615. The molecule has 1 saturated heterocycles. The normalized spacial score (nSPS) is 23.1. The van der Waals surface area contributed by atoms with E-state index in [1.807, 2.05) is 26.0 Å². The van der Waals surface area contributed by atoms with Crippen molar-refractivity contribution in [3.05, 3.63) is 29.1 Å². The van der Waals surface area contributed by atoms with E-state index in [2.05, 4.69) is 4.98 Å². The molecule has 2 rings (SSSR count). The zero-order valence-electron chi connectivity index (χ0n) is 9.94. The second kappa shape index (κ2) is 4.93. The van der Waals surface area contributed by atoms with Gasteiger partial charge in [0.05, 0.1) is 12.7 Å². The van der Waals surface area contributed by atoms with Crippen molar-refractivity contribution in [2.75, 3.05) is 13.2 Å². The van der Waals surface area contributed by atoms with Gasteiger partial charge >= 0.3 is 0 Å². The molecule has 0 radical (unpaired) electrons. The Morgan fingerprint density at radius 1 is 1.44 bits per heavy atom. The van der Waals surface area contributed by atoms with Gasteiger partial charge in [-0.05, 0) is 32.8 Å². The van der Waals surface area contributed by atoms with Crippen LogP contribution in [0.15, 0.2) is 12.1 Å². The molecule has 0 aromatic carbocycles. The number of pyridine rings is 1. The van der Waals surface area contributed by atoms with Crippen molar-refractivity contribution in [2.24, 2.45) is 5.92 Å². The SMILES string of the molecule is Cc1ccc(C(O)C2CCCOC2)c(C)n1. The summed E-state index contributed by atoms with van der Waals surface area (Å²) in [6, 6.07) is 3.94. The van der Waals surface area contributed by atoms with Crippen molar-refractivity contribution in [1.29, 1.82) is 0 Å². The van der Waals surface area contributed by atoms with E-state index in [9.17, 15) is 5.11 Å². The van der Waals surface area contributed by atoms with Crippen LogP contribution in [-0.4, -0.2) is 23.3 Å². The van der Waals surface area contributed by atoms with Crippen LogP contribution in [0.4, 0.5) is 0 Å². The Kier molecular flexibility index (Phi) is 3.56. The molecule has 3 heteroatoms. The van der Waals surface area contributed by atoms with Crippen LogP contribution in [0.25, 0.3) is 0 Å².